The van der Waals surface area contributed by atoms with Crippen molar-refractivity contribution in [1.29, 1.82) is 0 Å². The number of hydrogen-bond acceptors (Lipinski definition) is 3. The summed E-state index contributed by atoms with van der Waals surface area (Å²) in [5, 5.41) is 11.2. The monoisotopic (exact) mass is 786 g/mol. The average Bonchev–Trinajstić information content (AvgIpc) is 3.95. The van der Waals surface area contributed by atoms with Gasteiger partial charge in [0.15, 0.2) is 0 Å². The molecule has 2 aliphatic heterocycles. The first-order valence-corrected chi connectivity index (χ1v) is 22.3. The minimum Gasteiger partial charge on any atom is -0.290 e. The Balaban J connectivity index is 1.05. The second-order valence-electron chi connectivity index (χ2n) is 17.1. The van der Waals surface area contributed by atoms with Gasteiger partial charge in [-0.2, -0.15) is 0 Å². The maximum Gasteiger partial charge on any atom is 0.0845 e. The van der Waals surface area contributed by atoms with Crippen LogP contribution in [-0.4, -0.2) is 5.25 Å². The summed E-state index contributed by atoms with van der Waals surface area (Å²) in [6.07, 6.45) is 10.00. The first-order chi connectivity index (χ1) is 29.8. The fourth-order valence-corrected chi connectivity index (χ4v) is 13.0. The molecule has 2 heterocycles. The quantitative estimate of drug-likeness (QED) is 0.186. The van der Waals surface area contributed by atoms with E-state index in [1.165, 1.54) is 93.6 Å². The van der Waals surface area contributed by atoms with Crippen molar-refractivity contribution >= 4 is 22.5 Å². The van der Waals surface area contributed by atoms with Crippen LogP contribution in [0.5, 0.6) is 0 Å². The molecule has 0 radical (unpaired) electrons. The van der Waals surface area contributed by atoms with Crippen LogP contribution >= 0.6 is 11.8 Å². The van der Waals surface area contributed by atoms with Gasteiger partial charge in [0, 0.05) is 28.1 Å². The molecule has 0 saturated carbocycles. The van der Waals surface area contributed by atoms with Crippen LogP contribution in [0.25, 0.3) is 44.2 Å². The number of nitrogens with one attached hydrogen (secondary N) is 2. The maximum absolute atomic E-state index is 4.25. The number of benzene rings is 8. The zero-order valence-electron chi connectivity index (χ0n) is 33.1. The number of hydrogen-bond donors (Lipinski definition) is 2. The third-order valence-corrected chi connectivity index (χ3v) is 15.5. The van der Waals surface area contributed by atoms with E-state index in [2.05, 4.69) is 211 Å². The van der Waals surface area contributed by atoms with E-state index < -0.39 is 5.41 Å². The first-order valence-electron chi connectivity index (χ1n) is 21.4. The van der Waals surface area contributed by atoms with E-state index >= 15 is 0 Å². The van der Waals surface area contributed by atoms with Gasteiger partial charge < -0.3 is 0 Å². The molecule has 286 valence electrons. The normalized spacial score (nSPS) is 22.2. The van der Waals surface area contributed by atoms with Crippen molar-refractivity contribution in [3.05, 3.63) is 245 Å². The summed E-state index contributed by atoms with van der Waals surface area (Å²) in [4.78, 5) is 1.38. The standard InChI is InChI=1S/C57H42N2S/c1-3-16-35(17-4-1)37-21-15-22-40(32-37)56-58-53(55-54(59-56)45-26-11-14-29-50(45)60-55)39-30-31-44-48(34-39)57(46-27-12-9-24-42(46)43-25-10-13-28-47(43)57)49-33-38-20-7-8-23-41(38)51(52(44)49)36-18-5-2-6-19-36/h1-16,18-35,53-56,58-59H,17H2. The molecule has 13 rings (SSSR count). The molecule has 0 aromatic heterocycles. The van der Waals surface area contributed by atoms with Crippen LogP contribution in [0.3, 0.4) is 0 Å². The van der Waals surface area contributed by atoms with Crippen LogP contribution in [0, 0.1) is 0 Å². The SMILES string of the molecule is C1=CCC(c2cccc(C3NC(c4ccc5c(c4)C4(c6ccccc6-c6ccccc64)c4cc6ccccc6c(-c6ccccc6)c4-5)C4Sc5ccccc5C4N3)c2)C=C1. The summed E-state index contributed by atoms with van der Waals surface area (Å²) >= 11 is 2.03. The highest BCUT2D eigenvalue weighted by Gasteiger charge is 2.53. The molecule has 5 aliphatic rings. The van der Waals surface area contributed by atoms with Crippen molar-refractivity contribution < 1.29 is 0 Å². The largest absolute Gasteiger partial charge is 0.290 e. The van der Waals surface area contributed by atoms with E-state index in [1.807, 2.05) is 11.8 Å². The highest BCUT2D eigenvalue weighted by Crippen LogP contribution is 2.65. The molecular weight excluding hydrogens is 745 g/mol. The van der Waals surface area contributed by atoms with Gasteiger partial charge >= 0.3 is 0 Å². The lowest BCUT2D eigenvalue weighted by Gasteiger charge is -2.41. The summed E-state index contributed by atoms with van der Waals surface area (Å²) in [5.41, 5.74) is 18.4. The Morgan fingerprint density at radius 2 is 1.23 bits per heavy atom. The van der Waals surface area contributed by atoms with Crippen LogP contribution in [0.1, 0.15) is 75.1 Å². The van der Waals surface area contributed by atoms with Gasteiger partial charge in [0.2, 0.25) is 0 Å². The van der Waals surface area contributed by atoms with Crippen molar-refractivity contribution in [3.63, 3.8) is 0 Å². The number of thioether (sulfide) groups is 1. The van der Waals surface area contributed by atoms with Crippen molar-refractivity contribution in [2.75, 3.05) is 0 Å². The molecule has 2 nitrogen and oxygen atoms in total. The summed E-state index contributed by atoms with van der Waals surface area (Å²) in [7, 11) is 0. The second kappa shape index (κ2) is 13.4. The molecule has 8 aromatic carbocycles. The Labute approximate surface area is 355 Å². The van der Waals surface area contributed by atoms with Crippen LogP contribution in [-0.2, 0) is 5.41 Å². The lowest BCUT2D eigenvalue weighted by Crippen LogP contribution is -2.50. The Morgan fingerprint density at radius 1 is 0.500 bits per heavy atom. The average molecular weight is 787 g/mol. The molecule has 3 heteroatoms. The predicted octanol–water partition coefficient (Wildman–Crippen LogP) is 13.6. The Bertz CT molecular complexity index is 3060. The maximum atomic E-state index is 4.25. The van der Waals surface area contributed by atoms with Crippen LogP contribution in [0.4, 0.5) is 0 Å². The molecule has 1 fully saturated rings. The lowest BCUT2D eigenvalue weighted by molar-refractivity contribution is 0.259. The van der Waals surface area contributed by atoms with Crippen LogP contribution < -0.4 is 10.6 Å². The number of fused-ring (bicyclic) bond motifs is 14. The molecule has 60 heavy (non-hydrogen) atoms. The molecule has 5 atom stereocenters. The third kappa shape index (κ3) is 4.92. The minimum atomic E-state index is -0.477. The fraction of sp³-hybridized carbons (Fsp3) is 0.123. The van der Waals surface area contributed by atoms with E-state index in [1.54, 1.807) is 0 Å². The number of rotatable bonds is 4. The first kappa shape index (κ1) is 34.6. The molecule has 1 saturated heterocycles. The van der Waals surface area contributed by atoms with E-state index in [4.69, 9.17) is 0 Å². The van der Waals surface area contributed by atoms with E-state index in [0.29, 0.717) is 5.92 Å². The fourth-order valence-electron chi connectivity index (χ4n) is 11.5. The summed E-state index contributed by atoms with van der Waals surface area (Å²) in [6, 6.07) is 67.2. The van der Waals surface area contributed by atoms with Gasteiger partial charge in [0.05, 0.1) is 11.6 Å². The Hall–Kier alpha value is -6.23. The second-order valence-corrected chi connectivity index (χ2v) is 18.3. The molecule has 2 N–H and O–H groups in total. The van der Waals surface area contributed by atoms with E-state index in [-0.39, 0.29) is 23.5 Å². The molecule has 8 aromatic rings. The molecule has 5 unspecified atom stereocenters. The van der Waals surface area contributed by atoms with E-state index in [0.717, 1.165) is 6.42 Å². The molecule has 1 spiro atoms. The Morgan fingerprint density at radius 3 is 2.07 bits per heavy atom. The van der Waals surface area contributed by atoms with Gasteiger partial charge in [-0.05, 0) is 107 Å². The van der Waals surface area contributed by atoms with Gasteiger partial charge in [-0.3, -0.25) is 10.6 Å². The van der Waals surface area contributed by atoms with Gasteiger partial charge in [-0.15, -0.1) is 11.8 Å². The van der Waals surface area contributed by atoms with Crippen molar-refractivity contribution in [1.82, 2.24) is 10.6 Å². The molecule has 3 aliphatic carbocycles. The third-order valence-electron chi connectivity index (χ3n) is 14.1. The van der Waals surface area contributed by atoms with Gasteiger partial charge in [0.1, 0.15) is 0 Å². The molecule has 0 bridgehead atoms. The van der Waals surface area contributed by atoms with Crippen LogP contribution in [0.2, 0.25) is 0 Å². The lowest BCUT2D eigenvalue weighted by atomic mass is 9.69. The van der Waals surface area contributed by atoms with Crippen molar-refractivity contribution in [3.8, 4) is 33.4 Å². The molecular formula is C57H42N2S. The zero-order valence-corrected chi connectivity index (χ0v) is 33.9. The highest BCUT2D eigenvalue weighted by molar-refractivity contribution is 8.00. The highest BCUT2D eigenvalue weighted by atomic mass is 32.2. The zero-order chi connectivity index (χ0) is 39.4. The van der Waals surface area contributed by atoms with Crippen molar-refractivity contribution in [2.45, 2.75) is 46.1 Å². The minimum absolute atomic E-state index is 0.0200. The van der Waals surface area contributed by atoms with Crippen molar-refractivity contribution in [2.24, 2.45) is 0 Å². The predicted molar refractivity (Wildman–Crippen MR) is 248 cm³/mol. The van der Waals surface area contributed by atoms with Gasteiger partial charge in [-0.25, -0.2) is 0 Å². The van der Waals surface area contributed by atoms with E-state index in [9.17, 15) is 0 Å². The topological polar surface area (TPSA) is 24.1 Å². The summed E-state index contributed by atoms with van der Waals surface area (Å²) in [5.74, 6) is 0.397. The Kier molecular flexibility index (Phi) is 7.73. The van der Waals surface area contributed by atoms with Gasteiger partial charge in [-0.1, -0.05) is 188 Å². The number of allylic oxidation sites excluding steroid dienone is 4. The smallest absolute Gasteiger partial charge is 0.0845 e. The van der Waals surface area contributed by atoms with Gasteiger partial charge in [0.25, 0.3) is 0 Å². The van der Waals surface area contributed by atoms with Crippen LogP contribution in [0.15, 0.2) is 205 Å². The molecule has 0 amide bonds. The summed E-state index contributed by atoms with van der Waals surface area (Å²) in [6.45, 7) is 0. The summed E-state index contributed by atoms with van der Waals surface area (Å²) < 4.78 is 0.